The van der Waals surface area contributed by atoms with Crippen LogP contribution in [-0.4, -0.2) is 45.1 Å². The monoisotopic (exact) mass is 432 g/mol. The highest BCUT2D eigenvalue weighted by Gasteiger charge is 2.19. The van der Waals surface area contributed by atoms with Gasteiger partial charge in [0, 0.05) is 5.69 Å². The van der Waals surface area contributed by atoms with Gasteiger partial charge in [-0.05, 0) is 50.9 Å². The molecule has 2 rings (SSSR count). The number of nitrogens with one attached hydrogen (secondary N) is 2. The number of amidine groups is 1. The minimum atomic E-state index is -1.15. The number of carboxylic acids is 1. The summed E-state index contributed by atoms with van der Waals surface area (Å²) in [5.74, 6) is -1.80. The standard InChI is InChI=1S/C13H14BrFN6O5/c14-7-5-6(1-2-8(7)15)17-11(18-24)10-12(21-26-19-10)20-25-4-3-9(16)13(22)23/h1-2,5,9,24H,3-4,16H2,(H,17,18)(H,20,21)(H,22,23). The van der Waals surface area contributed by atoms with Gasteiger partial charge in [0.15, 0.2) is 5.69 Å². The fourth-order valence-corrected chi connectivity index (χ4v) is 2.06. The lowest BCUT2D eigenvalue weighted by molar-refractivity contribution is -0.138. The summed E-state index contributed by atoms with van der Waals surface area (Å²) in [6.07, 6.45) is 0.0474. The third kappa shape index (κ3) is 5.11. The Balaban J connectivity index is 2.00. The van der Waals surface area contributed by atoms with E-state index in [9.17, 15) is 14.4 Å². The molecule has 1 atom stereocenters. The van der Waals surface area contributed by atoms with Crippen LogP contribution >= 0.6 is 15.9 Å². The zero-order valence-corrected chi connectivity index (χ0v) is 14.6. The molecule has 0 spiro atoms. The summed E-state index contributed by atoms with van der Waals surface area (Å²) in [7, 11) is 0. The Kier molecular flexibility index (Phi) is 6.82. The lowest BCUT2D eigenvalue weighted by Crippen LogP contribution is -2.31. The third-order valence-corrected chi connectivity index (χ3v) is 3.62. The quantitative estimate of drug-likeness (QED) is 0.135. The van der Waals surface area contributed by atoms with E-state index in [2.05, 4.69) is 46.8 Å². The molecular weight excluding hydrogens is 419 g/mol. The van der Waals surface area contributed by atoms with Crippen molar-refractivity contribution in [2.75, 3.05) is 17.4 Å². The maximum atomic E-state index is 13.3. The second-order valence-corrected chi connectivity index (χ2v) is 5.70. The molecule has 1 unspecified atom stereocenters. The van der Waals surface area contributed by atoms with E-state index in [-0.39, 0.29) is 34.8 Å². The predicted octanol–water partition coefficient (Wildman–Crippen LogP) is 1.36. The zero-order chi connectivity index (χ0) is 19.1. The van der Waals surface area contributed by atoms with Crippen LogP contribution in [0.25, 0.3) is 0 Å². The van der Waals surface area contributed by atoms with Gasteiger partial charge in [-0.15, -0.1) is 0 Å². The van der Waals surface area contributed by atoms with E-state index in [1.807, 2.05) is 0 Å². The van der Waals surface area contributed by atoms with Crippen molar-refractivity contribution >= 4 is 39.2 Å². The number of rotatable bonds is 8. The fourth-order valence-electron chi connectivity index (χ4n) is 1.68. The van der Waals surface area contributed by atoms with Gasteiger partial charge in [0.1, 0.15) is 11.9 Å². The summed E-state index contributed by atoms with van der Waals surface area (Å²) in [6, 6.07) is 2.97. The van der Waals surface area contributed by atoms with Gasteiger partial charge < -0.3 is 21.4 Å². The number of hydrogen-bond donors (Lipinski definition) is 5. The summed E-state index contributed by atoms with van der Waals surface area (Å²) in [4.78, 5) is 15.6. The topological polar surface area (TPSA) is 168 Å². The molecule has 0 saturated heterocycles. The SMILES string of the molecule is NC(CCONc1nonc1/C(=N/O)Nc1ccc(F)c(Br)c1)C(=O)O. The number of nitrogens with two attached hydrogens (primary N) is 1. The van der Waals surface area contributed by atoms with Gasteiger partial charge in [-0.1, -0.05) is 5.16 Å². The minimum absolute atomic E-state index is 0.0320. The highest BCUT2D eigenvalue weighted by molar-refractivity contribution is 9.10. The van der Waals surface area contributed by atoms with Gasteiger partial charge in [-0.2, -0.15) is 0 Å². The molecule has 0 bridgehead atoms. The molecule has 0 radical (unpaired) electrons. The highest BCUT2D eigenvalue weighted by Crippen LogP contribution is 2.21. The summed E-state index contributed by atoms with van der Waals surface area (Å²) in [6.45, 7) is -0.0380. The van der Waals surface area contributed by atoms with E-state index in [4.69, 9.17) is 15.7 Å². The van der Waals surface area contributed by atoms with Crippen LogP contribution in [0.3, 0.4) is 0 Å². The minimum Gasteiger partial charge on any atom is -0.480 e. The average molecular weight is 433 g/mol. The molecule has 1 aromatic carbocycles. The fraction of sp³-hybridized carbons (Fsp3) is 0.231. The average Bonchev–Trinajstić information content (AvgIpc) is 3.07. The summed E-state index contributed by atoms with van der Waals surface area (Å²) in [5, 5.41) is 30.8. The molecule has 11 nitrogen and oxygen atoms in total. The van der Waals surface area contributed by atoms with Crippen molar-refractivity contribution in [3.05, 3.63) is 34.2 Å². The van der Waals surface area contributed by atoms with Crippen LogP contribution in [0, 0.1) is 5.82 Å². The molecule has 1 heterocycles. The number of aliphatic carboxylic acids is 1. The first-order valence-electron chi connectivity index (χ1n) is 7.05. The van der Waals surface area contributed by atoms with Gasteiger partial charge in [-0.25, -0.2) is 14.5 Å². The number of oxime groups is 1. The van der Waals surface area contributed by atoms with E-state index >= 15 is 0 Å². The van der Waals surface area contributed by atoms with E-state index in [1.54, 1.807) is 0 Å². The number of benzene rings is 1. The smallest absolute Gasteiger partial charge is 0.320 e. The first kappa shape index (κ1) is 19.6. The second kappa shape index (κ2) is 9.07. The number of anilines is 2. The molecule has 0 fully saturated rings. The Labute approximate surface area is 154 Å². The number of nitrogens with zero attached hydrogens (tertiary/aromatic N) is 3. The largest absolute Gasteiger partial charge is 0.480 e. The van der Waals surface area contributed by atoms with Crippen LogP contribution < -0.4 is 16.5 Å². The highest BCUT2D eigenvalue weighted by atomic mass is 79.9. The maximum absolute atomic E-state index is 13.3. The summed E-state index contributed by atoms with van der Waals surface area (Å²) < 4.78 is 18.0. The van der Waals surface area contributed by atoms with Crippen molar-refractivity contribution in [1.82, 2.24) is 10.3 Å². The van der Waals surface area contributed by atoms with E-state index < -0.39 is 17.8 Å². The van der Waals surface area contributed by atoms with Gasteiger partial charge >= 0.3 is 5.97 Å². The number of hydrogen-bond acceptors (Lipinski definition) is 9. The Morgan fingerprint density at radius 2 is 2.27 bits per heavy atom. The van der Waals surface area contributed by atoms with Gasteiger partial charge in [0.2, 0.25) is 11.7 Å². The van der Waals surface area contributed by atoms with Crippen LogP contribution in [-0.2, 0) is 9.63 Å². The van der Waals surface area contributed by atoms with Crippen LogP contribution in [0.5, 0.6) is 0 Å². The Hall–Kier alpha value is -2.77. The first-order valence-corrected chi connectivity index (χ1v) is 7.85. The van der Waals surface area contributed by atoms with Gasteiger partial charge in [0.25, 0.3) is 0 Å². The number of halogens is 2. The van der Waals surface area contributed by atoms with Crippen molar-refractivity contribution < 1.29 is 29.0 Å². The second-order valence-electron chi connectivity index (χ2n) is 4.85. The zero-order valence-electron chi connectivity index (χ0n) is 13.0. The summed E-state index contributed by atoms with van der Waals surface area (Å²) >= 11 is 3.04. The molecule has 2 aromatic rings. The maximum Gasteiger partial charge on any atom is 0.320 e. The molecule has 13 heteroatoms. The molecular formula is C13H14BrFN6O5. The van der Waals surface area contributed by atoms with Crippen LogP contribution in [0.4, 0.5) is 15.9 Å². The molecule has 140 valence electrons. The van der Waals surface area contributed by atoms with E-state index in [0.29, 0.717) is 5.69 Å². The molecule has 1 aromatic heterocycles. The van der Waals surface area contributed by atoms with Crippen LogP contribution in [0.2, 0.25) is 0 Å². The summed E-state index contributed by atoms with van der Waals surface area (Å²) in [5.41, 5.74) is 8.09. The van der Waals surface area contributed by atoms with Crippen molar-refractivity contribution in [2.24, 2.45) is 10.9 Å². The lowest BCUT2D eigenvalue weighted by atomic mass is 10.2. The number of carbonyl (C=O) groups is 1. The molecule has 0 saturated carbocycles. The molecule has 26 heavy (non-hydrogen) atoms. The normalized spacial score (nSPS) is 12.7. The lowest BCUT2D eigenvalue weighted by Gasteiger charge is -2.09. The molecule has 0 aliphatic rings. The predicted molar refractivity (Wildman–Crippen MR) is 90.1 cm³/mol. The molecule has 0 aliphatic heterocycles. The van der Waals surface area contributed by atoms with Crippen molar-refractivity contribution in [3.63, 3.8) is 0 Å². The Morgan fingerprint density at radius 1 is 1.50 bits per heavy atom. The Morgan fingerprint density at radius 3 is 2.92 bits per heavy atom. The van der Waals surface area contributed by atoms with Gasteiger partial charge in [-0.3, -0.25) is 9.63 Å². The molecule has 0 aliphatic carbocycles. The third-order valence-electron chi connectivity index (χ3n) is 3.01. The van der Waals surface area contributed by atoms with E-state index in [1.165, 1.54) is 18.2 Å². The van der Waals surface area contributed by atoms with Crippen LogP contribution in [0.15, 0.2) is 32.5 Å². The Bertz CT molecular complexity index is 801. The molecule has 0 amide bonds. The first-order chi connectivity index (χ1) is 12.4. The van der Waals surface area contributed by atoms with Gasteiger partial charge in [0.05, 0.1) is 11.1 Å². The van der Waals surface area contributed by atoms with Crippen molar-refractivity contribution in [1.29, 1.82) is 0 Å². The van der Waals surface area contributed by atoms with Crippen molar-refractivity contribution in [2.45, 2.75) is 12.5 Å². The number of aromatic nitrogens is 2. The van der Waals surface area contributed by atoms with Crippen LogP contribution in [0.1, 0.15) is 12.1 Å². The number of carboxylic acid groups (broad SMARTS) is 1. The van der Waals surface area contributed by atoms with Crippen molar-refractivity contribution in [3.8, 4) is 0 Å². The van der Waals surface area contributed by atoms with E-state index in [0.717, 1.165) is 0 Å². The molecule has 6 N–H and O–H groups in total.